The number of pyridine rings is 1. The molecule has 0 fully saturated rings. The molecule has 2 aliphatic rings. The zero-order chi connectivity index (χ0) is 8.67. The second-order valence-corrected chi connectivity index (χ2v) is 3.26. The summed E-state index contributed by atoms with van der Waals surface area (Å²) >= 11 is 0. The van der Waals surface area contributed by atoms with Crippen LogP contribution in [0.1, 0.15) is 11.3 Å². The molecule has 14 heavy (non-hydrogen) atoms. The Labute approximate surface area is 88.5 Å². The van der Waals surface area contributed by atoms with Crippen molar-refractivity contribution in [3.63, 3.8) is 0 Å². The predicted octanol–water partition coefficient (Wildman–Crippen LogP) is 2.41. The average Bonchev–Trinajstić information content (AvgIpc) is 2.61. The first-order chi connectivity index (χ1) is 6.43. The molecule has 70 valence electrons. The van der Waals surface area contributed by atoms with Crippen LogP contribution in [0.15, 0.2) is 40.7 Å². The Balaban J connectivity index is 0.000000750. The van der Waals surface area contributed by atoms with Gasteiger partial charge in [-0.2, -0.15) is 0 Å². The quantitative estimate of drug-likeness (QED) is 0.637. The lowest BCUT2D eigenvalue weighted by Crippen LogP contribution is -2.02. The summed E-state index contributed by atoms with van der Waals surface area (Å²) in [6, 6.07) is 4.10. The Morgan fingerprint density at radius 3 is 3.14 bits per heavy atom. The van der Waals surface area contributed by atoms with Crippen LogP contribution in [0.4, 0.5) is 0 Å². The number of hydrogen-bond donors (Lipinski definition) is 0. The molecule has 0 amide bonds. The molecule has 0 saturated heterocycles. The summed E-state index contributed by atoms with van der Waals surface area (Å²) in [4.78, 5) is 8.44. The molecule has 0 aromatic carbocycles. The Morgan fingerprint density at radius 2 is 2.21 bits per heavy atom. The fourth-order valence-electron chi connectivity index (χ4n) is 1.73. The summed E-state index contributed by atoms with van der Waals surface area (Å²) in [6.07, 6.45) is 8.72. The lowest BCUT2D eigenvalue weighted by Gasteiger charge is -2.12. The molecule has 1 aromatic rings. The molecule has 0 N–H and O–H groups in total. The van der Waals surface area contributed by atoms with Crippen molar-refractivity contribution in [2.24, 2.45) is 4.99 Å². The van der Waals surface area contributed by atoms with Gasteiger partial charge in [-0.15, -0.1) is 12.4 Å². The smallest absolute Gasteiger partial charge is 0.0671 e. The number of allylic oxidation sites excluding steroid dienone is 2. The third-order valence-electron chi connectivity index (χ3n) is 2.41. The Bertz CT molecular complexity index is 458. The minimum atomic E-state index is 0. The van der Waals surface area contributed by atoms with Crippen LogP contribution in [-0.4, -0.2) is 11.2 Å². The molecule has 0 radical (unpaired) electrons. The van der Waals surface area contributed by atoms with Gasteiger partial charge in [0.2, 0.25) is 0 Å². The standard InChI is InChI=1S/C11H8N2.ClH/c1-2-8-4-9-6-12-7-10(9)5-11(8)13-3-1;/h1-3,5-7H,4H2;1H. The summed E-state index contributed by atoms with van der Waals surface area (Å²) in [6.45, 7) is 0. The fourth-order valence-corrected chi connectivity index (χ4v) is 1.73. The monoisotopic (exact) mass is 204 g/mol. The largest absolute Gasteiger partial charge is 0.264 e. The zero-order valence-corrected chi connectivity index (χ0v) is 8.29. The second-order valence-electron chi connectivity index (χ2n) is 3.26. The van der Waals surface area contributed by atoms with Gasteiger partial charge in [-0.3, -0.25) is 9.98 Å². The molecule has 3 rings (SSSR count). The lowest BCUT2D eigenvalue weighted by atomic mass is 9.93. The molecule has 0 unspecified atom stereocenters. The van der Waals surface area contributed by atoms with Crippen molar-refractivity contribution in [2.45, 2.75) is 6.42 Å². The fraction of sp³-hybridized carbons (Fsp3) is 0.0909. The van der Waals surface area contributed by atoms with E-state index >= 15 is 0 Å². The third-order valence-corrected chi connectivity index (χ3v) is 2.41. The van der Waals surface area contributed by atoms with Crippen LogP contribution in [0.3, 0.4) is 0 Å². The molecule has 0 bridgehead atoms. The van der Waals surface area contributed by atoms with Gasteiger partial charge in [-0.25, -0.2) is 0 Å². The number of nitrogens with zero attached hydrogens (tertiary/aromatic N) is 2. The van der Waals surface area contributed by atoms with Gasteiger partial charge in [-0.05, 0) is 28.9 Å². The number of rotatable bonds is 0. The topological polar surface area (TPSA) is 25.2 Å². The van der Waals surface area contributed by atoms with E-state index in [2.05, 4.69) is 22.1 Å². The average molecular weight is 205 g/mol. The molecule has 0 atom stereocenters. The van der Waals surface area contributed by atoms with Crippen molar-refractivity contribution in [2.75, 3.05) is 0 Å². The Kier molecular flexibility index (Phi) is 2.22. The molecule has 1 aliphatic heterocycles. The van der Waals surface area contributed by atoms with E-state index in [1.807, 2.05) is 24.7 Å². The van der Waals surface area contributed by atoms with E-state index in [0.717, 1.165) is 12.1 Å². The van der Waals surface area contributed by atoms with Crippen LogP contribution in [0, 0.1) is 0 Å². The van der Waals surface area contributed by atoms with E-state index in [1.54, 1.807) is 0 Å². The molecule has 3 heteroatoms. The number of aromatic nitrogens is 1. The van der Waals surface area contributed by atoms with Gasteiger partial charge in [0.05, 0.1) is 5.69 Å². The van der Waals surface area contributed by atoms with Crippen LogP contribution in [0.5, 0.6) is 0 Å². The van der Waals surface area contributed by atoms with E-state index in [4.69, 9.17) is 0 Å². The van der Waals surface area contributed by atoms with E-state index in [9.17, 15) is 0 Å². The van der Waals surface area contributed by atoms with E-state index in [-0.39, 0.29) is 12.4 Å². The first-order valence-electron chi connectivity index (χ1n) is 4.32. The first-order valence-corrected chi connectivity index (χ1v) is 4.32. The van der Waals surface area contributed by atoms with Crippen LogP contribution in [0.25, 0.3) is 6.08 Å². The number of hydrogen-bond acceptors (Lipinski definition) is 2. The summed E-state index contributed by atoms with van der Waals surface area (Å²) in [7, 11) is 0. The van der Waals surface area contributed by atoms with Crippen molar-refractivity contribution in [1.82, 2.24) is 4.98 Å². The Hall–Kier alpha value is -1.41. The molecule has 1 aliphatic carbocycles. The van der Waals surface area contributed by atoms with Crippen molar-refractivity contribution in [1.29, 1.82) is 0 Å². The summed E-state index contributed by atoms with van der Waals surface area (Å²) in [5, 5.41) is 0. The highest BCUT2D eigenvalue weighted by atomic mass is 35.5. The zero-order valence-electron chi connectivity index (χ0n) is 7.47. The predicted molar refractivity (Wildman–Crippen MR) is 59.7 cm³/mol. The normalized spacial score (nSPS) is 16.3. The van der Waals surface area contributed by atoms with Crippen LogP contribution < -0.4 is 0 Å². The van der Waals surface area contributed by atoms with Crippen LogP contribution in [0.2, 0.25) is 0 Å². The van der Waals surface area contributed by atoms with Crippen LogP contribution >= 0.6 is 12.4 Å². The van der Waals surface area contributed by atoms with Gasteiger partial charge in [-0.1, -0.05) is 6.07 Å². The SMILES string of the molecule is C1=NC=C2Cc3cccnc3C=C12.Cl. The summed E-state index contributed by atoms with van der Waals surface area (Å²) in [5.74, 6) is 0. The first kappa shape index (κ1) is 9.16. The van der Waals surface area contributed by atoms with Gasteiger partial charge < -0.3 is 0 Å². The maximum absolute atomic E-state index is 4.31. The molecular weight excluding hydrogens is 196 g/mol. The van der Waals surface area contributed by atoms with Gasteiger partial charge in [0.1, 0.15) is 0 Å². The number of aliphatic imine (C=N–C) groups is 1. The highest BCUT2D eigenvalue weighted by molar-refractivity contribution is 5.95. The molecular formula is C11H9ClN2. The molecule has 2 heterocycles. The van der Waals surface area contributed by atoms with Crippen LogP contribution in [-0.2, 0) is 6.42 Å². The number of halogens is 1. The summed E-state index contributed by atoms with van der Waals surface area (Å²) < 4.78 is 0. The minimum absolute atomic E-state index is 0. The van der Waals surface area contributed by atoms with Crippen molar-refractivity contribution in [3.8, 4) is 0 Å². The van der Waals surface area contributed by atoms with Crippen molar-refractivity contribution >= 4 is 24.7 Å². The lowest BCUT2D eigenvalue weighted by molar-refractivity contribution is 1.10. The molecule has 0 saturated carbocycles. The van der Waals surface area contributed by atoms with Gasteiger partial charge in [0.15, 0.2) is 0 Å². The third kappa shape index (κ3) is 1.28. The maximum Gasteiger partial charge on any atom is 0.0671 e. The minimum Gasteiger partial charge on any atom is -0.264 e. The van der Waals surface area contributed by atoms with E-state index in [0.29, 0.717) is 0 Å². The molecule has 0 spiro atoms. The van der Waals surface area contributed by atoms with Gasteiger partial charge >= 0.3 is 0 Å². The van der Waals surface area contributed by atoms with Crippen molar-refractivity contribution in [3.05, 3.63) is 46.9 Å². The maximum atomic E-state index is 4.31. The van der Waals surface area contributed by atoms with E-state index in [1.165, 1.54) is 16.7 Å². The van der Waals surface area contributed by atoms with Gasteiger partial charge in [0, 0.05) is 25.0 Å². The van der Waals surface area contributed by atoms with Gasteiger partial charge in [0.25, 0.3) is 0 Å². The summed E-state index contributed by atoms with van der Waals surface area (Å²) in [5.41, 5.74) is 4.90. The second kappa shape index (κ2) is 3.39. The highest BCUT2D eigenvalue weighted by Crippen LogP contribution is 2.27. The van der Waals surface area contributed by atoms with Crippen molar-refractivity contribution < 1.29 is 0 Å². The highest BCUT2D eigenvalue weighted by Gasteiger charge is 2.16. The number of fused-ring (bicyclic) bond motifs is 2. The molecule has 2 nitrogen and oxygen atoms in total. The van der Waals surface area contributed by atoms with E-state index < -0.39 is 0 Å². The Morgan fingerprint density at radius 1 is 1.29 bits per heavy atom. The molecule has 1 aromatic heterocycles.